The lowest BCUT2D eigenvalue weighted by Gasteiger charge is -2.25. The number of hydrogen-bond donors (Lipinski definition) is 2. The van der Waals surface area contributed by atoms with Crippen molar-refractivity contribution in [2.45, 2.75) is 17.7 Å². The van der Waals surface area contributed by atoms with Gasteiger partial charge in [0.1, 0.15) is 5.75 Å². The van der Waals surface area contributed by atoms with E-state index in [1.807, 2.05) is 0 Å². The second kappa shape index (κ2) is 8.99. The quantitative estimate of drug-likeness (QED) is 0.504. The van der Waals surface area contributed by atoms with Crippen molar-refractivity contribution in [1.82, 2.24) is 8.75 Å². The van der Waals surface area contributed by atoms with Gasteiger partial charge in [0.25, 0.3) is 10.0 Å². The summed E-state index contributed by atoms with van der Waals surface area (Å²) < 4.78 is 40.9. The Kier molecular flexibility index (Phi) is 6.33. The van der Waals surface area contributed by atoms with Crippen LogP contribution in [0.3, 0.4) is 0 Å². The van der Waals surface area contributed by atoms with E-state index in [0.29, 0.717) is 34.3 Å². The maximum Gasteiger partial charge on any atom is 0.263 e. The molecule has 0 bridgehead atoms. The summed E-state index contributed by atoms with van der Waals surface area (Å²) in [6, 6.07) is 9.50. The van der Waals surface area contributed by atoms with E-state index < -0.39 is 10.0 Å². The van der Waals surface area contributed by atoms with Gasteiger partial charge in [0.2, 0.25) is 5.91 Å². The van der Waals surface area contributed by atoms with Crippen molar-refractivity contribution >= 4 is 62.4 Å². The highest BCUT2D eigenvalue weighted by Crippen LogP contribution is 2.31. The highest BCUT2D eigenvalue weighted by molar-refractivity contribution is 7.92. The summed E-state index contributed by atoms with van der Waals surface area (Å²) in [5.74, 6) is 0.137. The maximum atomic E-state index is 12.6. The highest BCUT2D eigenvalue weighted by Gasteiger charge is 2.28. The van der Waals surface area contributed by atoms with Gasteiger partial charge < -0.3 is 10.1 Å². The number of nitrogens with one attached hydrogen (secondary N) is 2. The van der Waals surface area contributed by atoms with E-state index in [0.717, 1.165) is 17.3 Å². The van der Waals surface area contributed by atoms with E-state index in [9.17, 15) is 13.2 Å². The fourth-order valence-corrected chi connectivity index (χ4v) is 5.10. The second-order valence-corrected chi connectivity index (χ2v) is 9.90. The molecule has 162 valence electrons. The Morgan fingerprint density at radius 1 is 1.23 bits per heavy atom. The van der Waals surface area contributed by atoms with Crippen LogP contribution in [0.15, 0.2) is 47.5 Å². The number of carbonyl (C=O) groups excluding carboxylic acids is 1. The number of anilines is 2. The molecule has 1 aliphatic rings. The molecule has 31 heavy (non-hydrogen) atoms. The average Bonchev–Trinajstić information content (AvgIpc) is 3.22. The molecule has 0 saturated carbocycles. The van der Waals surface area contributed by atoms with Crippen molar-refractivity contribution in [3.8, 4) is 5.75 Å². The molecule has 3 aromatic rings. The summed E-state index contributed by atoms with van der Waals surface area (Å²) in [6.07, 6.45) is 2.16. The Morgan fingerprint density at radius 2 is 2.06 bits per heavy atom. The van der Waals surface area contributed by atoms with E-state index in [1.54, 1.807) is 30.3 Å². The van der Waals surface area contributed by atoms with Crippen LogP contribution in [0.25, 0.3) is 0 Å². The number of aromatic nitrogens is 2. The Labute approximate surface area is 192 Å². The number of amides is 1. The smallest absolute Gasteiger partial charge is 0.263 e. The van der Waals surface area contributed by atoms with Crippen LogP contribution in [0.4, 0.5) is 11.5 Å². The van der Waals surface area contributed by atoms with Crippen molar-refractivity contribution < 1.29 is 17.9 Å². The SMILES string of the molecule is O=C1Nc2ccc(S(=O)(=O)Nc3cnsn3)cc2CC1CCOc1ccc(Cl)cc1Cl. The van der Waals surface area contributed by atoms with E-state index in [1.165, 1.54) is 12.3 Å². The molecule has 4 rings (SSSR count). The van der Waals surface area contributed by atoms with Gasteiger partial charge in [0.15, 0.2) is 5.82 Å². The van der Waals surface area contributed by atoms with Gasteiger partial charge in [-0.15, -0.1) is 0 Å². The zero-order valence-electron chi connectivity index (χ0n) is 15.8. The number of fused-ring (bicyclic) bond motifs is 1. The first-order valence-electron chi connectivity index (χ1n) is 9.14. The van der Waals surface area contributed by atoms with Crippen molar-refractivity contribution in [3.05, 3.63) is 58.2 Å². The summed E-state index contributed by atoms with van der Waals surface area (Å²) in [5.41, 5.74) is 1.32. The molecule has 0 radical (unpaired) electrons. The molecule has 0 fully saturated rings. The molecule has 0 aliphatic carbocycles. The number of carbonyl (C=O) groups is 1. The number of nitrogens with zero attached hydrogens (tertiary/aromatic N) is 2. The van der Waals surface area contributed by atoms with Crippen LogP contribution in [0.5, 0.6) is 5.75 Å². The molecule has 1 unspecified atom stereocenters. The summed E-state index contributed by atoms with van der Waals surface area (Å²) in [7, 11) is -3.82. The number of halogens is 2. The van der Waals surface area contributed by atoms with Crippen molar-refractivity contribution in [2.75, 3.05) is 16.6 Å². The first-order valence-corrected chi connectivity index (χ1v) is 12.1. The summed E-state index contributed by atoms with van der Waals surface area (Å²) in [6.45, 7) is 0.269. The van der Waals surface area contributed by atoms with E-state index in [-0.39, 0.29) is 29.1 Å². The summed E-state index contributed by atoms with van der Waals surface area (Å²) in [4.78, 5) is 12.5. The third-order valence-corrected chi connectivity index (χ3v) is 7.06. The normalized spacial score (nSPS) is 15.8. The van der Waals surface area contributed by atoms with Gasteiger partial charge in [-0.2, -0.15) is 8.75 Å². The van der Waals surface area contributed by atoms with Crippen molar-refractivity contribution in [1.29, 1.82) is 0 Å². The number of benzene rings is 2. The fraction of sp³-hybridized carbons (Fsp3) is 0.211. The largest absolute Gasteiger partial charge is 0.492 e. The maximum absolute atomic E-state index is 12.6. The van der Waals surface area contributed by atoms with Crippen LogP contribution in [-0.2, 0) is 21.2 Å². The molecule has 2 aromatic carbocycles. The molecule has 1 aromatic heterocycles. The van der Waals surface area contributed by atoms with Gasteiger partial charge in [-0.25, -0.2) is 8.42 Å². The van der Waals surface area contributed by atoms with Gasteiger partial charge >= 0.3 is 0 Å². The van der Waals surface area contributed by atoms with Gasteiger partial charge in [-0.1, -0.05) is 23.2 Å². The molecular formula is C19H16Cl2N4O4S2. The zero-order valence-corrected chi connectivity index (χ0v) is 19.0. The fourth-order valence-electron chi connectivity index (χ4n) is 3.16. The lowest BCUT2D eigenvalue weighted by Crippen LogP contribution is -2.31. The zero-order chi connectivity index (χ0) is 22.0. The molecule has 1 aliphatic heterocycles. The van der Waals surface area contributed by atoms with Crippen molar-refractivity contribution in [3.63, 3.8) is 0 Å². The van der Waals surface area contributed by atoms with Gasteiger partial charge in [-0.3, -0.25) is 9.52 Å². The molecule has 0 saturated heterocycles. The molecule has 1 atom stereocenters. The minimum atomic E-state index is -3.82. The number of sulfonamides is 1. The minimum Gasteiger partial charge on any atom is -0.492 e. The Hall–Kier alpha value is -2.40. The van der Waals surface area contributed by atoms with Gasteiger partial charge in [-0.05, 0) is 54.8 Å². The van der Waals surface area contributed by atoms with Crippen LogP contribution in [0.2, 0.25) is 10.0 Å². The first kappa shape index (κ1) is 21.8. The molecule has 0 spiro atoms. The monoisotopic (exact) mass is 498 g/mol. The molecule has 12 heteroatoms. The van der Waals surface area contributed by atoms with E-state index >= 15 is 0 Å². The Morgan fingerprint density at radius 3 is 2.81 bits per heavy atom. The number of ether oxygens (including phenoxy) is 1. The predicted molar refractivity (Wildman–Crippen MR) is 120 cm³/mol. The molecular weight excluding hydrogens is 483 g/mol. The average molecular weight is 499 g/mol. The van der Waals surface area contributed by atoms with Crippen LogP contribution >= 0.6 is 34.9 Å². The van der Waals surface area contributed by atoms with Gasteiger partial charge in [0, 0.05) is 16.6 Å². The van der Waals surface area contributed by atoms with E-state index in [4.69, 9.17) is 27.9 Å². The molecule has 2 heterocycles. The molecule has 1 amide bonds. The summed E-state index contributed by atoms with van der Waals surface area (Å²) >= 11 is 12.9. The highest BCUT2D eigenvalue weighted by atomic mass is 35.5. The lowest BCUT2D eigenvalue weighted by atomic mass is 9.91. The minimum absolute atomic E-state index is 0.0818. The Balaban J connectivity index is 1.44. The van der Waals surface area contributed by atoms with Crippen LogP contribution in [-0.4, -0.2) is 29.7 Å². The molecule has 2 N–H and O–H groups in total. The number of rotatable bonds is 7. The topological polar surface area (TPSA) is 110 Å². The van der Waals surface area contributed by atoms with Crippen molar-refractivity contribution in [2.24, 2.45) is 5.92 Å². The Bertz CT molecular complexity index is 1220. The molecule has 8 nitrogen and oxygen atoms in total. The second-order valence-electron chi connectivity index (χ2n) is 6.82. The van der Waals surface area contributed by atoms with Crippen LogP contribution in [0.1, 0.15) is 12.0 Å². The summed E-state index contributed by atoms with van der Waals surface area (Å²) in [5, 5.41) is 3.73. The third kappa shape index (κ3) is 5.09. The van der Waals surface area contributed by atoms with Gasteiger partial charge in [0.05, 0.1) is 34.5 Å². The first-order chi connectivity index (χ1) is 14.8. The third-order valence-electron chi connectivity index (χ3n) is 4.70. The van der Waals surface area contributed by atoms with Crippen LogP contribution < -0.4 is 14.8 Å². The van der Waals surface area contributed by atoms with E-state index in [2.05, 4.69) is 18.8 Å². The standard InChI is InChI=1S/C19H16Cl2N4O4S2/c20-13-1-4-17(15(21)9-13)29-6-5-11-7-12-8-14(2-3-16(12)23-19(11)26)31(27,28)25-18-10-22-30-24-18/h1-4,8-11H,5-7H2,(H,23,26)(H,24,25). The van der Waals surface area contributed by atoms with Crippen LogP contribution in [0, 0.1) is 5.92 Å². The predicted octanol–water partition coefficient (Wildman–Crippen LogP) is 4.23. The lowest BCUT2D eigenvalue weighted by molar-refractivity contribution is -0.120. The number of hydrogen-bond acceptors (Lipinski definition) is 7.